The van der Waals surface area contributed by atoms with Crippen molar-refractivity contribution in [2.24, 2.45) is 0 Å². The van der Waals surface area contributed by atoms with Crippen molar-refractivity contribution in [2.45, 2.75) is 6.54 Å². The number of benzene rings is 2. The number of nitrogens with one attached hydrogen (secondary N) is 1. The maximum Gasteiger partial charge on any atom is 0.137 e. The fourth-order valence-electron chi connectivity index (χ4n) is 2.13. The van der Waals surface area contributed by atoms with Gasteiger partial charge in [0.15, 0.2) is 0 Å². The monoisotopic (exact) mass is 361 g/mol. The molecule has 21 heavy (non-hydrogen) atoms. The summed E-state index contributed by atoms with van der Waals surface area (Å²) in [6.45, 7) is 0.654. The largest absolute Gasteiger partial charge is 0.380 e. The zero-order valence-corrected chi connectivity index (χ0v) is 13.5. The first kappa shape index (κ1) is 14.3. The van der Waals surface area contributed by atoms with Crippen molar-refractivity contribution in [3.8, 4) is 10.4 Å². The Kier molecular flexibility index (Phi) is 4.36. The molecule has 0 spiro atoms. The van der Waals surface area contributed by atoms with Gasteiger partial charge in [0.1, 0.15) is 5.82 Å². The van der Waals surface area contributed by atoms with Gasteiger partial charge in [0.25, 0.3) is 0 Å². The van der Waals surface area contributed by atoms with E-state index in [0.717, 1.165) is 11.3 Å². The first-order chi connectivity index (χ1) is 10.2. The summed E-state index contributed by atoms with van der Waals surface area (Å²) in [5.74, 6) is -0.238. The van der Waals surface area contributed by atoms with E-state index < -0.39 is 0 Å². The molecule has 0 atom stereocenters. The molecular weight excluding hydrogens is 349 g/mol. The molecule has 3 aromatic rings. The van der Waals surface area contributed by atoms with E-state index in [2.05, 4.69) is 44.8 Å². The van der Waals surface area contributed by atoms with Crippen LogP contribution in [0.3, 0.4) is 0 Å². The number of halogens is 2. The fraction of sp³-hybridized carbons (Fsp3) is 0.0588. The average molecular weight is 362 g/mol. The first-order valence-electron chi connectivity index (χ1n) is 6.55. The second-order valence-electron chi connectivity index (χ2n) is 4.62. The van der Waals surface area contributed by atoms with Gasteiger partial charge in [-0.05, 0) is 51.1 Å². The van der Waals surface area contributed by atoms with Gasteiger partial charge in [-0.25, -0.2) is 4.39 Å². The number of rotatable bonds is 4. The molecule has 0 aliphatic rings. The smallest absolute Gasteiger partial charge is 0.137 e. The lowest BCUT2D eigenvalue weighted by Crippen LogP contribution is -2.01. The van der Waals surface area contributed by atoms with E-state index in [1.54, 1.807) is 23.5 Å². The van der Waals surface area contributed by atoms with Crippen LogP contribution in [-0.2, 0) is 6.54 Å². The van der Waals surface area contributed by atoms with Crippen molar-refractivity contribution >= 4 is 33.0 Å². The summed E-state index contributed by atoms with van der Waals surface area (Å²) in [7, 11) is 0. The van der Waals surface area contributed by atoms with Crippen LogP contribution < -0.4 is 5.32 Å². The van der Waals surface area contributed by atoms with Crippen LogP contribution in [-0.4, -0.2) is 0 Å². The van der Waals surface area contributed by atoms with E-state index in [-0.39, 0.29) is 5.82 Å². The van der Waals surface area contributed by atoms with E-state index in [0.29, 0.717) is 11.0 Å². The van der Waals surface area contributed by atoms with E-state index in [9.17, 15) is 4.39 Å². The van der Waals surface area contributed by atoms with Gasteiger partial charge in [-0.1, -0.05) is 30.3 Å². The van der Waals surface area contributed by atoms with Crippen molar-refractivity contribution in [1.29, 1.82) is 0 Å². The minimum atomic E-state index is -0.238. The first-order valence-corrected chi connectivity index (χ1v) is 8.22. The number of anilines is 1. The Bertz CT molecular complexity index is 740. The van der Waals surface area contributed by atoms with Crippen LogP contribution >= 0.6 is 27.3 Å². The summed E-state index contributed by atoms with van der Waals surface area (Å²) in [6.07, 6.45) is 0. The van der Waals surface area contributed by atoms with Gasteiger partial charge in [0.05, 0.1) is 4.47 Å². The molecule has 0 saturated carbocycles. The Labute approximate surface area is 135 Å². The Balaban J connectivity index is 1.81. The van der Waals surface area contributed by atoms with Crippen LogP contribution in [0.15, 0.2) is 64.5 Å². The van der Waals surface area contributed by atoms with Crippen molar-refractivity contribution in [2.75, 3.05) is 5.32 Å². The number of thiophene rings is 1. The highest BCUT2D eigenvalue weighted by Crippen LogP contribution is 2.31. The second kappa shape index (κ2) is 6.41. The summed E-state index contributed by atoms with van der Waals surface area (Å²) < 4.78 is 13.7. The molecule has 0 amide bonds. The highest BCUT2D eigenvalue weighted by molar-refractivity contribution is 9.10. The molecule has 0 aliphatic carbocycles. The summed E-state index contributed by atoms with van der Waals surface area (Å²) in [5, 5.41) is 5.50. The highest BCUT2D eigenvalue weighted by Gasteiger charge is 2.06. The molecule has 4 heteroatoms. The molecule has 1 heterocycles. The van der Waals surface area contributed by atoms with Crippen LogP contribution in [0, 0.1) is 5.82 Å². The quantitative estimate of drug-likeness (QED) is 0.607. The standard InChI is InChI=1S/C17H13BrFNS/c18-14-10-12(7-8-15(14)19)11-20-16-5-2-1-4-13(16)17-6-3-9-21-17/h1-10,20H,11H2. The predicted molar refractivity (Wildman–Crippen MR) is 91.2 cm³/mol. The van der Waals surface area contributed by atoms with E-state index >= 15 is 0 Å². The molecule has 0 saturated heterocycles. The predicted octanol–water partition coefficient (Wildman–Crippen LogP) is 5.93. The van der Waals surface area contributed by atoms with Crippen LogP contribution in [0.1, 0.15) is 5.56 Å². The fourth-order valence-corrected chi connectivity index (χ4v) is 3.32. The molecular formula is C17H13BrFNS. The normalized spacial score (nSPS) is 10.6. The van der Waals surface area contributed by atoms with E-state index in [1.165, 1.54) is 16.5 Å². The van der Waals surface area contributed by atoms with Gasteiger partial charge in [0, 0.05) is 22.7 Å². The minimum Gasteiger partial charge on any atom is -0.380 e. The molecule has 106 valence electrons. The maximum atomic E-state index is 13.2. The van der Waals surface area contributed by atoms with Crippen LogP contribution in [0.25, 0.3) is 10.4 Å². The van der Waals surface area contributed by atoms with Crippen molar-refractivity contribution in [3.05, 3.63) is 75.8 Å². The lowest BCUT2D eigenvalue weighted by atomic mass is 10.1. The van der Waals surface area contributed by atoms with E-state index in [4.69, 9.17) is 0 Å². The number of hydrogen-bond acceptors (Lipinski definition) is 2. The molecule has 1 aromatic heterocycles. The summed E-state index contributed by atoms with van der Waals surface area (Å²) >= 11 is 4.94. The van der Waals surface area contributed by atoms with Crippen LogP contribution in [0.4, 0.5) is 10.1 Å². The van der Waals surface area contributed by atoms with Crippen LogP contribution in [0.2, 0.25) is 0 Å². The van der Waals surface area contributed by atoms with Gasteiger partial charge in [-0.2, -0.15) is 0 Å². The molecule has 1 nitrogen and oxygen atoms in total. The molecule has 0 radical (unpaired) electrons. The molecule has 0 aliphatic heterocycles. The topological polar surface area (TPSA) is 12.0 Å². The Morgan fingerprint density at radius 3 is 2.67 bits per heavy atom. The van der Waals surface area contributed by atoms with Gasteiger partial charge in [-0.3, -0.25) is 0 Å². The average Bonchev–Trinajstić information content (AvgIpc) is 3.03. The molecule has 3 rings (SSSR count). The molecule has 2 aromatic carbocycles. The van der Waals surface area contributed by atoms with Crippen molar-refractivity contribution in [1.82, 2.24) is 0 Å². The SMILES string of the molecule is Fc1ccc(CNc2ccccc2-c2cccs2)cc1Br. The molecule has 0 fully saturated rings. The van der Waals surface area contributed by atoms with Gasteiger partial charge in [-0.15, -0.1) is 11.3 Å². The lowest BCUT2D eigenvalue weighted by Gasteiger charge is -2.11. The third kappa shape index (κ3) is 3.34. The highest BCUT2D eigenvalue weighted by atomic mass is 79.9. The number of hydrogen-bond donors (Lipinski definition) is 1. The second-order valence-corrected chi connectivity index (χ2v) is 6.43. The zero-order valence-electron chi connectivity index (χ0n) is 11.1. The van der Waals surface area contributed by atoms with Gasteiger partial charge >= 0.3 is 0 Å². The Hall–Kier alpha value is -1.65. The Morgan fingerprint density at radius 1 is 1.05 bits per heavy atom. The third-order valence-corrected chi connectivity index (χ3v) is 4.69. The van der Waals surface area contributed by atoms with Gasteiger partial charge < -0.3 is 5.32 Å². The lowest BCUT2D eigenvalue weighted by molar-refractivity contribution is 0.620. The summed E-state index contributed by atoms with van der Waals surface area (Å²) in [4.78, 5) is 1.23. The minimum absolute atomic E-state index is 0.238. The summed E-state index contributed by atoms with van der Waals surface area (Å²) in [6, 6.07) is 17.5. The molecule has 0 bridgehead atoms. The maximum absolute atomic E-state index is 13.2. The summed E-state index contributed by atoms with van der Waals surface area (Å²) in [5.41, 5.74) is 3.30. The van der Waals surface area contributed by atoms with Gasteiger partial charge in [0.2, 0.25) is 0 Å². The zero-order chi connectivity index (χ0) is 14.7. The molecule has 0 unspecified atom stereocenters. The third-order valence-electron chi connectivity index (χ3n) is 3.18. The van der Waals surface area contributed by atoms with E-state index in [1.807, 2.05) is 18.2 Å². The van der Waals surface area contributed by atoms with Crippen molar-refractivity contribution in [3.63, 3.8) is 0 Å². The molecule has 1 N–H and O–H groups in total. The van der Waals surface area contributed by atoms with Crippen LogP contribution in [0.5, 0.6) is 0 Å². The number of para-hydroxylation sites is 1. The van der Waals surface area contributed by atoms with Crippen molar-refractivity contribution < 1.29 is 4.39 Å². The Morgan fingerprint density at radius 2 is 1.90 bits per heavy atom.